The van der Waals surface area contributed by atoms with Gasteiger partial charge in [0.15, 0.2) is 0 Å². The van der Waals surface area contributed by atoms with Gasteiger partial charge < -0.3 is 4.74 Å². The first-order valence-corrected chi connectivity index (χ1v) is 7.10. The molecule has 0 saturated heterocycles. The van der Waals surface area contributed by atoms with Crippen LogP contribution in [0.4, 0.5) is 5.95 Å². The number of hydrogen-bond acceptors (Lipinski definition) is 5. The van der Waals surface area contributed by atoms with E-state index in [1.165, 1.54) is 25.3 Å². The Kier molecular flexibility index (Phi) is 3.83. The molecule has 0 saturated carbocycles. The number of aromatic nitrogens is 3. The van der Waals surface area contributed by atoms with Crippen molar-refractivity contribution in [1.29, 1.82) is 0 Å². The summed E-state index contributed by atoms with van der Waals surface area (Å²) < 4.78 is 31.0. The third kappa shape index (κ3) is 3.28. The maximum Gasteiger partial charge on any atom is 0.336 e. The van der Waals surface area contributed by atoms with Gasteiger partial charge in [-0.15, -0.1) is 5.10 Å². The number of hydrogen-bond donors (Lipinski definition) is 2. The fourth-order valence-corrected chi connectivity index (χ4v) is 2.94. The number of rotatable bonds is 4. The van der Waals surface area contributed by atoms with Crippen molar-refractivity contribution in [1.82, 2.24) is 15.2 Å². The molecule has 0 unspecified atom stereocenters. The summed E-state index contributed by atoms with van der Waals surface area (Å²) in [6.45, 7) is 0. The lowest BCUT2D eigenvalue weighted by Gasteiger charge is -2.05. The smallest absolute Gasteiger partial charge is 0.336 e. The number of benzene rings is 1. The van der Waals surface area contributed by atoms with Gasteiger partial charge in [0.05, 0.1) is 12.0 Å². The minimum absolute atomic E-state index is 0.0156. The molecule has 0 amide bonds. The van der Waals surface area contributed by atoms with E-state index in [2.05, 4.69) is 19.9 Å². The summed E-state index contributed by atoms with van der Waals surface area (Å²) in [5.41, 5.74) is 0. The second-order valence-electron chi connectivity index (χ2n) is 3.38. The number of ether oxygens (including phenoxy) is 1. The van der Waals surface area contributed by atoms with E-state index < -0.39 is 10.0 Å². The zero-order valence-corrected chi connectivity index (χ0v) is 11.8. The molecule has 0 aliphatic carbocycles. The van der Waals surface area contributed by atoms with Crippen LogP contribution in [0, 0.1) is 0 Å². The molecule has 0 bridgehead atoms. The van der Waals surface area contributed by atoms with Gasteiger partial charge in [-0.05, 0) is 18.2 Å². The van der Waals surface area contributed by atoms with Crippen LogP contribution in [0.3, 0.4) is 0 Å². The SMILES string of the molecule is COc1n[nH]c(NS(=O)(=O)c2cc(Cl)cc(Cl)c2)n1. The van der Waals surface area contributed by atoms with E-state index in [1.807, 2.05) is 0 Å². The van der Waals surface area contributed by atoms with Crippen molar-refractivity contribution in [2.24, 2.45) is 0 Å². The number of anilines is 1. The maximum absolute atomic E-state index is 12.0. The number of halogens is 2. The molecule has 19 heavy (non-hydrogen) atoms. The molecule has 0 spiro atoms. The molecule has 1 heterocycles. The highest BCUT2D eigenvalue weighted by Gasteiger charge is 2.18. The molecule has 0 fully saturated rings. The zero-order chi connectivity index (χ0) is 14.0. The molecule has 10 heteroatoms. The van der Waals surface area contributed by atoms with E-state index in [1.54, 1.807) is 0 Å². The average molecular weight is 323 g/mol. The third-order valence-electron chi connectivity index (χ3n) is 2.02. The molecule has 2 rings (SSSR count). The Morgan fingerprint density at radius 1 is 1.26 bits per heavy atom. The zero-order valence-electron chi connectivity index (χ0n) is 9.52. The van der Waals surface area contributed by atoms with Gasteiger partial charge in [-0.1, -0.05) is 23.2 Å². The molecule has 0 atom stereocenters. The summed E-state index contributed by atoms with van der Waals surface area (Å²) in [6.07, 6.45) is 0. The topological polar surface area (TPSA) is 97.0 Å². The quantitative estimate of drug-likeness (QED) is 0.896. The monoisotopic (exact) mass is 322 g/mol. The van der Waals surface area contributed by atoms with Crippen molar-refractivity contribution >= 4 is 39.2 Å². The van der Waals surface area contributed by atoms with Crippen LogP contribution in [0.2, 0.25) is 10.0 Å². The van der Waals surface area contributed by atoms with Crippen molar-refractivity contribution in [3.63, 3.8) is 0 Å². The van der Waals surface area contributed by atoms with Crippen molar-refractivity contribution in [2.75, 3.05) is 11.8 Å². The van der Waals surface area contributed by atoms with Gasteiger partial charge in [0.1, 0.15) is 0 Å². The molecule has 1 aromatic carbocycles. The molecule has 1 aromatic heterocycles. The molecular formula is C9H8Cl2N4O3S. The summed E-state index contributed by atoms with van der Waals surface area (Å²) in [7, 11) is -2.50. The Labute approximate surface area is 119 Å². The molecule has 7 nitrogen and oxygen atoms in total. The standard InChI is InChI=1S/C9H8Cl2N4O3S/c1-18-9-12-8(13-14-9)15-19(16,17)7-3-5(10)2-6(11)4-7/h2-4H,1H3,(H2,12,13,14,15). The van der Waals surface area contributed by atoms with E-state index in [9.17, 15) is 8.42 Å². The van der Waals surface area contributed by atoms with Crippen LogP contribution in [0.25, 0.3) is 0 Å². The van der Waals surface area contributed by atoms with Gasteiger partial charge in [-0.3, -0.25) is 0 Å². The van der Waals surface area contributed by atoms with E-state index in [0.717, 1.165) is 0 Å². The summed E-state index contributed by atoms with van der Waals surface area (Å²) in [5, 5.41) is 6.40. The van der Waals surface area contributed by atoms with Gasteiger partial charge in [0, 0.05) is 10.0 Å². The Morgan fingerprint density at radius 2 is 1.89 bits per heavy atom. The van der Waals surface area contributed by atoms with Crippen LogP contribution < -0.4 is 9.46 Å². The lowest BCUT2D eigenvalue weighted by Crippen LogP contribution is -2.14. The molecule has 2 N–H and O–H groups in total. The first-order valence-electron chi connectivity index (χ1n) is 4.86. The van der Waals surface area contributed by atoms with Gasteiger partial charge in [-0.25, -0.2) is 18.2 Å². The number of sulfonamides is 1. The Balaban J connectivity index is 2.31. The molecule has 2 aromatic rings. The van der Waals surface area contributed by atoms with Crippen LogP contribution >= 0.6 is 23.2 Å². The van der Waals surface area contributed by atoms with Crippen LogP contribution in [-0.4, -0.2) is 30.7 Å². The minimum Gasteiger partial charge on any atom is -0.466 e. The van der Waals surface area contributed by atoms with Crippen LogP contribution in [-0.2, 0) is 10.0 Å². The van der Waals surface area contributed by atoms with Gasteiger partial charge in [0.2, 0.25) is 5.95 Å². The van der Waals surface area contributed by atoms with Crippen molar-refractivity contribution < 1.29 is 13.2 Å². The number of methoxy groups -OCH3 is 1. The summed E-state index contributed by atoms with van der Waals surface area (Å²) in [5.74, 6) is -0.0760. The normalized spacial score (nSPS) is 11.3. The Morgan fingerprint density at radius 3 is 2.42 bits per heavy atom. The molecule has 0 aliphatic rings. The molecule has 102 valence electrons. The first kappa shape index (κ1) is 13.9. The Bertz CT molecular complexity index is 681. The van der Waals surface area contributed by atoms with Crippen LogP contribution in [0.5, 0.6) is 6.01 Å². The van der Waals surface area contributed by atoms with Crippen molar-refractivity contribution in [3.05, 3.63) is 28.2 Å². The second kappa shape index (κ2) is 5.24. The highest BCUT2D eigenvalue weighted by Crippen LogP contribution is 2.23. The third-order valence-corrected chi connectivity index (χ3v) is 3.78. The van der Waals surface area contributed by atoms with Crippen molar-refractivity contribution in [2.45, 2.75) is 4.90 Å². The number of H-pyrrole nitrogens is 1. The summed E-state index contributed by atoms with van der Waals surface area (Å²) >= 11 is 11.5. The first-order chi connectivity index (χ1) is 8.90. The predicted molar refractivity (Wildman–Crippen MR) is 70.2 cm³/mol. The van der Waals surface area contributed by atoms with Crippen LogP contribution in [0.1, 0.15) is 0 Å². The van der Waals surface area contributed by atoms with E-state index >= 15 is 0 Å². The molecule has 0 radical (unpaired) electrons. The van der Waals surface area contributed by atoms with E-state index in [4.69, 9.17) is 27.9 Å². The van der Waals surface area contributed by atoms with E-state index in [-0.39, 0.29) is 26.9 Å². The second-order valence-corrected chi connectivity index (χ2v) is 5.94. The molecule has 0 aliphatic heterocycles. The number of nitrogens with one attached hydrogen (secondary N) is 2. The Hall–Kier alpha value is -1.51. The lowest BCUT2D eigenvalue weighted by atomic mass is 10.4. The van der Waals surface area contributed by atoms with Crippen LogP contribution in [0.15, 0.2) is 23.1 Å². The molecular weight excluding hydrogens is 315 g/mol. The fraction of sp³-hybridized carbons (Fsp3) is 0.111. The maximum atomic E-state index is 12.0. The highest BCUT2D eigenvalue weighted by molar-refractivity contribution is 7.92. The number of aromatic amines is 1. The van der Waals surface area contributed by atoms with E-state index in [0.29, 0.717) is 0 Å². The van der Waals surface area contributed by atoms with Gasteiger partial charge in [-0.2, -0.15) is 4.98 Å². The summed E-state index contributed by atoms with van der Waals surface area (Å²) in [6, 6.07) is 3.98. The minimum atomic E-state index is -3.86. The lowest BCUT2D eigenvalue weighted by molar-refractivity contribution is 0.382. The van der Waals surface area contributed by atoms with Crippen molar-refractivity contribution in [3.8, 4) is 6.01 Å². The highest BCUT2D eigenvalue weighted by atomic mass is 35.5. The predicted octanol–water partition coefficient (Wildman–Crippen LogP) is 1.92. The van der Waals surface area contributed by atoms with Gasteiger partial charge in [0.25, 0.3) is 10.0 Å². The number of nitrogens with zero attached hydrogens (tertiary/aromatic N) is 2. The average Bonchev–Trinajstić information content (AvgIpc) is 2.74. The largest absolute Gasteiger partial charge is 0.466 e. The summed E-state index contributed by atoms with van der Waals surface area (Å²) in [4.78, 5) is 3.66. The fourth-order valence-electron chi connectivity index (χ4n) is 1.25. The van der Waals surface area contributed by atoms with Gasteiger partial charge >= 0.3 is 6.01 Å².